The number of carbonyl (C=O) groups is 2. The fourth-order valence-electron chi connectivity index (χ4n) is 5.17. The van der Waals surface area contributed by atoms with Crippen molar-refractivity contribution in [3.8, 4) is 16.9 Å². The van der Waals surface area contributed by atoms with Gasteiger partial charge in [0.15, 0.2) is 0 Å². The number of carbonyl (C=O) groups excluding carboxylic acids is 2. The first-order valence-corrected chi connectivity index (χ1v) is 12.9. The second-order valence-electron chi connectivity index (χ2n) is 10.7. The molecule has 37 heavy (non-hydrogen) atoms. The van der Waals surface area contributed by atoms with Crippen LogP contribution in [0.25, 0.3) is 11.1 Å². The van der Waals surface area contributed by atoms with Gasteiger partial charge in [0.1, 0.15) is 17.5 Å². The van der Waals surface area contributed by atoms with Crippen molar-refractivity contribution in [2.45, 2.75) is 50.9 Å². The smallest absolute Gasteiger partial charge is 0.328 e. The molecule has 4 rings (SSSR count). The quantitative estimate of drug-likeness (QED) is 0.540. The molecule has 2 atom stereocenters. The van der Waals surface area contributed by atoms with Crippen LogP contribution in [0, 0.1) is 5.92 Å². The van der Waals surface area contributed by atoms with Gasteiger partial charge in [-0.15, -0.1) is 0 Å². The third kappa shape index (κ3) is 7.08. The number of alkyl halides is 1. The second kappa shape index (κ2) is 11.6. The highest BCUT2D eigenvalue weighted by Crippen LogP contribution is 2.27. The number of halogens is 1. The van der Waals surface area contributed by atoms with E-state index in [9.17, 15) is 19.1 Å². The molecule has 2 aliphatic rings. The molecule has 2 fully saturated rings. The predicted octanol–water partition coefficient (Wildman–Crippen LogP) is 3.94. The van der Waals surface area contributed by atoms with Crippen LogP contribution in [0.3, 0.4) is 0 Å². The number of esters is 1. The molecule has 0 aliphatic carbocycles. The van der Waals surface area contributed by atoms with E-state index < -0.39 is 23.8 Å². The summed E-state index contributed by atoms with van der Waals surface area (Å²) in [4.78, 5) is 28.6. The lowest BCUT2D eigenvalue weighted by molar-refractivity contribution is -0.145. The molecule has 200 valence electrons. The fraction of sp³-hybridized carbons (Fsp3) is 0.517. The van der Waals surface area contributed by atoms with Crippen LogP contribution in [0.4, 0.5) is 4.39 Å². The summed E-state index contributed by atoms with van der Waals surface area (Å²) in [5.41, 5.74) is 1.24. The van der Waals surface area contributed by atoms with Crippen molar-refractivity contribution in [1.82, 2.24) is 9.80 Å². The molecule has 2 aromatic carbocycles. The summed E-state index contributed by atoms with van der Waals surface area (Å²) in [5, 5.41) is 9.96. The minimum Gasteiger partial charge on any atom is -0.493 e. The van der Waals surface area contributed by atoms with Crippen molar-refractivity contribution >= 4 is 11.9 Å². The van der Waals surface area contributed by atoms with E-state index in [2.05, 4.69) is 4.90 Å². The Bertz CT molecular complexity index is 1060. The molecule has 2 aromatic rings. The Morgan fingerprint density at radius 1 is 1.03 bits per heavy atom. The van der Waals surface area contributed by atoms with Crippen molar-refractivity contribution in [2.24, 2.45) is 5.92 Å². The van der Waals surface area contributed by atoms with Crippen LogP contribution in [-0.2, 0) is 9.53 Å². The highest BCUT2D eigenvalue weighted by atomic mass is 19.1. The number of rotatable bonds is 8. The lowest BCUT2D eigenvalue weighted by Gasteiger charge is -2.34. The van der Waals surface area contributed by atoms with E-state index in [4.69, 9.17) is 9.47 Å². The zero-order valence-corrected chi connectivity index (χ0v) is 21.9. The van der Waals surface area contributed by atoms with Gasteiger partial charge in [0.25, 0.3) is 5.91 Å². The standard InChI is InChI=1S/C29H37FN2O5/c1-29(2,30)19-31-14-12-20(13-15-31)18-37-25-10-8-22(9-11-25)21-4-6-23(7-5-21)27(34)32-17-24(33)16-26(32)28(35)36-3/h4-11,20,24,26,33H,12-19H2,1-3H3/t24?,26-/m0/s1. The average molecular weight is 513 g/mol. The van der Waals surface area contributed by atoms with Gasteiger partial charge in [-0.3, -0.25) is 4.79 Å². The molecule has 8 heteroatoms. The Hall–Kier alpha value is -2.97. The van der Waals surface area contributed by atoms with Crippen molar-refractivity contribution in [3.05, 3.63) is 54.1 Å². The largest absolute Gasteiger partial charge is 0.493 e. The molecule has 2 saturated heterocycles. The Balaban J connectivity index is 1.30. The molecule has 1 amide bonds. The van der Waals surface area contributed by atoms with Gasteiger partial charge in [-0.2, -0.15) is 0 Å². The van der Waals surface area contributed by atoms with Gasteiger partial charge in [-0.1, -0.05) is 24.3 Å². The average Bonchev–Trinajstić information content (AvgIpc) is 3.28. The molecule has 1 unspecified atom stereocenters. The van der Waals surface area contributed by atoms with E-state index in [1.807, 2.05) is 36.4 Å². The second-order valence-corrected chi connectivity index (χ2v) is 10.7. The SMILES string of the molecule is COC(=O)[C@@H]1CC(O)CN1C(=O)c1ccc(-c2ccc(OCC3CCN(CC(C)(C)F)CC3)cc2)cc1. The molecule has 0 spiro atoms. The van der Waals surface area contributed by atoms with E-state index in [-0.39, 0.29) is 18.9 Å². The first-order valence-electron chi connectivity index (χ1n) is 12.9. The molecule has 0 radical (unpaired) electrons. The van der Waals surface area contributed by atoms with Crippen LogP contribution in [-0.4, -0.2) is 84.5 Å². The van der Waals surface area contributed by atoms with E-state index in [0.29, 0.717) is 24.6 Å². The zero-order chi connectivity index (χ0) is 26.6. The van der Waals surface area contributed by atoms with Crippen molar-refractivity contribution in [1.29, 1.82) is 0 Å². The molecule has 1 N–H and O–H groups in total. The number of methoxy groups -OCH3 is 1. The topological polar surface area (TPSA) is 79.3 Å². The number of aliphatic hydroxyl groups excluding tert-OH is 1. The normalized spacial score (nSPS) is 21.2. The lowest BCUT2D eigenvalue weighted by atomic mass is 9.97. The highest BCUT2D eigenvalue weighted by Gasteiger charge is 2.39. The van der Waals surface area contributed by atoms with Gasteiger partial charge in [0.2, 0.25) is 0 Å². The molecule has 0 bridgehead atoms. The molecule has 0 saturated carbocycles. The third-order valence-electron chi connectivity index (χ3n) is 7.13. The summed E-state index contributed by atoms with van der Waals surface area (Å²) < 4.78 is 24.7. The summed E-state index contributed by atoms with van der Waals surface area (Å²) in [6.45, 7) is 6.30. The monoisotopic (exact) mass is 512 g/mol. The number of amides is 1. The highest BCUT2D eigenvalue weighted by molar-refractivity contribution is 5.97. The van der Waals surface area contributed by atoms with Gasteiger partial charge < -0.3 is 24.4 Å². The number of hydrogen-bond acceptors (Lipinski definition) is 6. The Morgan fingerprint density at radius 3 is 2.19 bits per heavy atom. The summed E-state index contributed by atoms with van der Waals surface area (Å²) in [7, 11) is 1.28. The first kappa shape index (κ1) is 27.1. The molecule has 2 aliphatic heterocycles. The Morgan fingerprint density at radius 2 is 1.62 bits per heavy atom. The van der Waals surface area contributed by atoms with Gasteiger partial charge in [0, 0.05) is 25.1 Å². The van der Waals surface area contributed by atoms with E-state index in [1.165, 1.54) is 12.0 Å². The minimum atomic E-state index is -1.16. The van der Waals surface area contributed by atoms with E-state index in [0.717, 1.165) is 42.8 Å². The summed E-state index contributed by atoms with van der Waals surface area (Å²) in [5.74, 6) is 0.458. The van der Waals surface area contributed by atoms with Crippen LogP contribution in [0.15, 0.2) is 48.5 Å². The Kier molecular flexibility index (Phi) is 8.49. The van der Waals surface area contributed by atoms with Crippen LogP contribution >= 0.6 is 0 Å². The summed E-state index contributed by atoms with van der Waals surface area (Å²) >= 11 is 0. The molecular weight excluding hydrogens is 475 g/mol. The maximum atomic E-state index is 13.9. The fourth-order valence-corrected chi connectivity index (χ4v) is 5.17. The summed E-state index contributed by atoms with van der Waals surface area (Å²) in [6.07, 6.45) is 1.46. The lowest BCUT2D eigenvalue weighted by Crippen LogP contribution is -2.41. The van der Waals surface area contributed by atoms with Crippen LogP contribution < -0.4 is 4.74 Å². The molecule has 0 aromatic heterocycles. The predicted molar refractivity (Wildman–Crippen MR) is 139 cm³/mol. The van der Waals surface area contributed by atoms with Gasteiger partial charge in [-0.05, 0) is 81.1 Å². The van der Waals surface area contributed by atoms with Crippen molar-refractivity contribution in [2.75, 3.05) is 39.9 Å². The zero-order valence-electron chi connectivity index (χ0n) is 21.9. The number of hydrogen-bond donors (Lipinski definition) is 1. The molecule has 2 heterocycles. The first-order chi connectivity index (χ1) is 17.6. The van der Waals surface area contributed by atoms with Crippen LogP contribution in [0.1, 0.15) is 43.5 Å². The van der Waals surface area contributed by atoms with Crippen LogP contribution in [0.5, 0.6) is 5.75 Å². The van der Waals surface area contributed by atoms with Crippen molar-refractivity contribution in [3.63, 3.8) is 0 Å². The van der Waals surface area contributed by atoms with Gasteiger partial charge in [-0.25, -0.2) is 9.18 Å². The van der Waals surface area contributed by atoms with E-state index in [1.54, 1.807) is 26.0 Å². The number of nitrogens with zero attached hydrogens (tertiary/aromatic N) is 2. The van der Waals surface area contributed by atoms with Crippen molar-refractivity contribution < 1.29 is 28.6 Å². The number of aliphatic hydroxyl groups is 1. The number of benzene rings is 2. The maximum Gasteiger partial charge on any atom is 0.328 e. The number of piperidine rings is 1. The third-order valence-corrected chi connectivity index (χ3v) is 7.13. The van der Waals surface area contributed by atoms with Crippen LogP contribution in [0.2, 0.25) is 0 Å². The molecule has 7 nitrogen and oxygen atoms in total. The van der Waals surface area contributed by atoms with Gasteiger partial charge >= 0.3 is 5.97 Å². The maximum absolute atomic E-state index is 13.9. The van der Waals surface area contributed by atoms with Gasteiger partial charge in [0.05, 0.1) is 19.8 Å². The number of likely N-dealkylation sites (tertiary alicyclic amines) is 2. The summed E-state index contributed by atoms with van der Waals surface area (Å²) in [6, 6.07) is 14.3. The minimum absolute atomic E-state index is 0.108. The Labute approximate surface area is 218 Å². The molecular formula is C29H37FN2O5. The number of β-amino-alcohol motifs (C(OH)–C–C–N with tert-alkyl or cyclic N) is 1. The number of ether oxygens (including phenoxy) is 2. The van der Waals surface area contributed by atoms with E-state index >= 15 is 0 Å².